The third kappa shape index (κ3) is 5.02. The fourth-order valence-electron chi connectivity index (χ4n) is 2.89. The highest BCUT2D eigenvalue weighted by atomic mass is 16.5. The van der Waals surface area contributed by atoms with Gasteiger partial charge < -0.3 is 14.2 Å². The lowest BCUT2D eigenvalue weighted by Crippen LogP contribution is -2.20. The van der Waals surface area contributed by atoms with E-state index in [1.165, 1.54) is 6.08 Å². The first-order chi connectivity index (χ1) is 14.1. The molecule has 3 rings (SSSR count). The third-order valence-corrected chi connectivity index (χ3v) is 4.38. The molecule has 1 heterocycles. The molecule has 0 N–H and O–H groups in total. The molecule has 2 aromatic rings. The fraction of sp³-hybridized carbons (Fsp3) is 0.167. The van der Waals surface area contributed by atoms with E-state index < -0.39 is 11.9 Å². The van der Waals surface area contributed by atoms with Gasteiger partial charge >= 0.3 is 11.9 Å². The van der Waals surface area contributed by atoms with Crippen LogP contribution in [-0.2, 0) is 30.4 Å². The molecule has 5 heteroatoms. The molecule has 0 fully saturated rings. The summed E-state index contributed by atoms with van der Waals surface area (Å²) in [6.45, 7) is 5.45. The SMILES string of the molecule is C=CCOC(=O)C1=C(c2ccccc2)OC(C)=C(C(=O)OCc2ccccc2)C1. The molecular weight excluding hydrogens is 368 g/mol. The summed E-state index contributed by atoms with van der Waals surface area (Å²) in [6.07, 6.45) is 1.56. The Morgan fingerprint density at radius 2 is 1.59 bits per heavy atom. The Kier molecular flexibility index (Phi) is 6.63. The van der Waals surface area contributed by atoms with Crippen molar-refractivity contribution in [3.8, 4) is 0 Å². The van der Waals surface area contributed by atoms with Gasteiger partial charge in [0.25, 0.3) is 0 Å². The van der Waals surface area contributed by atoms with Crippen LogP contribution in [-0.4, -0.2) is 18.5 Å². The monoisotopic (exact) mass is 390 g/mol. The number of esters is 2. The number of carbonyl (C=O) groups excluding carboxylic acids is 2. The summed E-state index contributed by atoms with van der Waals surface area (Å²) >= 11 is 0. The summed E-state index contributed by atoms with van der Waals surface area (Å²) < 4.78 is 16.5. The summed E-state index contributed by atoms with van der Waals surface area (Å²) in [5.41, 5.74) is 2.18. The van der Waals surface area contributed by atoms with Crippen molar-refractivity contribution in [1.82, 2.24) is 0 Å². The van der Waals surface area contributed by atoms with Gasteiger partial charge in [-0.15, -0.1) is 0 Å². The van der Waals surface area contributed by atoms with Crippen molar-refractivity contribution in [1.29, 1.82) is 0 Å². The Balaban J connectivity index is 1.83. The van der Waals surface area contributed by atoms with Gasteiger partial charge in [-0.25, -0.2) is 9.59 Å². The zero-order chi connectivity index (χ0) is 20.6. The number of benzene rings is 2. The molecule has 1 aliphatic heterocycles. The Labute approximate surface area is 169 Å². The van der Waals surface area contributed by atoms with Crippen molar-refractivity contribution in [2.75, 3.05) is 6.61 Å². The Morgan fingerprint density at radius 1 is 0.966 bits per heavy atom. The van der Waals surface area contributed by atoms with E-state index in [2.05, 4.69) is 6.58 Å². The van der Waals surface area contributed by atoms with Crippen LogP contribution in [0.5, 0.6) is 0 Å². The predicted octanol–water partition coefficient (Wildman–Crippen LogP) is 4.56. The maximum absolute atomic E-state index is 12.7. The number of allylic oxidation sites excluding steroid dienone is 1. The van der Waals surface area contributed by atoms with Crippen LogP contribution >= 0.6 is 0 Å². The van der Waals surface area contributed by atoms with E-state index >= 15 is 0 Å². The molecule has 0 atom stereocenters. The normalized spacial score (nSPS) is 13.6. The fourth-order valence-corrected chi connectivity index (χ4v) is 2.89. The second kappa shape index (κ2) is 9.55. The van der Waals surface area contributed by atoms with Crippen LogP contribution in [0.3, 0.4) is 0 Å². The van der Waals surface area contributed by atoms with Crippen LogP contribution in [0.1, 0.15) is 24.5 Å². The molecule has 1 aliphatic rings. The van der Waals surface area contributed by atoms with Crippen LogP contribution in [0.25, 0.3) is 5.76 Å². The van der Waals surface area contributed by atoms with E-state index in [-0.39, 0.29) is 25.2 Å². The van der Waals surface area contributed by atoms with Gasteiger partial charge in [0.1, 0.15) is 24.7 Å². The zero-order valence-electron chi connectivity index (χ0n) is 16.2. The molecule has 148 valence electrons. The highest BCUT2D eigenvalue weighted by Crippen LogP contribution is 2.34. The predicted molar refractivity (Wildman–Crippen MR) is 109 cm³/mol. The molecule has 0 amide bonds. The standard InChI is InChI=1S/C24H22O5/c1-3-14-27-24(26)21-15-20(23(25)28-16-18-10-6-4-7-11-18)17(2)29-22(21)19-12-8-5-9-13-19/h3-13H,1,14-16H2,2H3. The first-order valence-electron chi connectivity index (χ1n) is 9.25. The van der Waals surface area contributed by atoms with Gasteiger partial charge in [0.05, 0.1) is 11.1 Å². The maximum Gasteiger partial charge on any atom is 0.338 e. The molecule has 0 aliphatic carbocycles. The quantitative estimate of drug-likeness (QED) is 0.512. The minimum Gasteiger partial charge on any atom is -0.460 e. The molecule has 0 bridgehead atoms. The van der Waals surface area contributed by atoms with Gasteiger partial charge in [0.15, 0.2) is 0 Å². The molecule has 0 saturated carbocycles. The van der Waals surface area contributed by atoms with Gasteiger partial charge in [0, 0.05) is 12.0 Å². The first kappa shape index (κ1) is 20.1. The average molecular weight is 390 g/mol. The molecule has 2 aromatic carbocycles. The summed E-state index contributed by atoms with van der Waals surface area (Å²) in [4.78, 5) is 25.3. The van der Waals surface area contributed by atoms with Crippen LogP contribution in [0.15, 0.2) is 90.2 Å². The Bertz CT molecular complexity index is 955. The molecule has 0 radical (unpaired) electrons. The maximum atomic E-state index is 12.7. The van der Waals surface area contributed by atoms with Gasteiger partial charge in [-0.2, -0.15) is 0 Å². The number of rotatable bonds is 7. The highest BCUT2D eigenvalue weighted by Gasteiger charge is 2.31. The van der Waals surface area contributed by atoms with E-state index in [0.717, 1.165) is 11.1 Å². The summed E-state index contributed by atoms with van der Waals surface area (Å²) in [6, 6.07) is 18.6. The van der Waals surface area contributed by atoms with Crippen molar-refractivity contribution >= 4 is 17.7 Å². The second-order valence-electron chi connectivity index (χ2n) is 6.44. The lowest BCUT2D eigenvalue weighted by molar-refractivity contribution is -0.140. The van der Waals surface area contributed by atoms with Crippen LogP contribution < -0.4 is 0 Å². The molecule has 29 heavy (non-hydrogen) atoms. The molecule has 5 nitrogen and oxygen atoms in total. The van der Waals surface area contributed by atoms with E-state index in [0.29, 0.717) is 17.1 Å². The highest BCUT2D eigenvalue weighted by molar-refractivity contribution is 6.01. The van der Waals surface area contributed by atoms with Crippen molar-refractivity contribution < 1.29 is 23.8 Å². The third-order valence-electron chi connectivity index (χ3n) is 4.38. The van der Waals surface area contributed by atoms with Crippen molar-refractivity contribution in [2.45, 2.75) is 20.0 Å². The summed E-state index contributed by atoms with van der Waals surface area (Å²) in [5.74, 6) is -0.281. The number of ether oxygens (including phenoxy) is 3. The minimum atomic E-state index is -0.551. The average Bonchev–Trinajstić information content (AvgIpc) is 2.77. The topological polar surface area (TPSA) is 61.8 Å². The van der Waals surface area contributed by atoms with Crippen LogP contribution in [0.2, 0.25) is 0 Å². The van der Waals surface area contributed by atoms with E-state index in [4.69, 9.17) is 14.2 Å². The summed E-state index contributed by atoms with van der Waals surface area (Å²) in [5, 5.41) is 0. The molecular formula is C24H22O5. The van der Waals surface area contributed by atoms with E-state index in [9.17, 15) is 9.59 Å². The van der Waals surface area contributed by atoms with Crippen LogP contribution in [0, 0.1) is 0 Å². The van der Waals surface area contributed by atoms with E-state index in [1.54, 1.807) is 6.92 Å². The molecule has 0 saturated heterocycles. The van der Waals surface area contributed by atoms with Crippen molar-refractivity contribution in [3.05, 3.63) is 101 Å². The van der Waals surface area contributed by atoms with E-state index in [1.807, 2.05) is 60.7 Å². The molecule has 0 unspecified atom stereocenters. The minimum absolute atomic E-state index is 0.0691. The molecule has 0 spiro atoms. The number of carbonyl (C=O) groups is 2. The summed E-state index contributed by atoms with van der Waals surface area (Å²) in [7, 11) is 0. The number of hydrogen-bond acceptors (Lipinski definition) is 5. The van der Waals surface area contributed by atoms with Gasteiger partial charge in [-0.05, 0) is 12.5 Å². The lowest BCUT2D eigenvalue weighted by Gasteiger charge is -2.23. The first-order valence-corrected chi connectivity index (χ1v) is 9.25. The van der Waals surface area contributed by atoms with Crippen molar-refractivity contribution in [2.24, 2.45) is 0 Å². The Hall–Kier alpha value is -3.60. The smallest absolute Gasteiger partial charge is 0.338 e. The van der Waals surface area contributed by atoms with Gasteiger partial charge in [0.2, 0.25) is 0 Å². The molecule has 0 aromatic heterocycles. The van der Waals surface area contributed by atoms with Crippen molar-refractivity contribution in [3.63, 3.8) is 0 Å². The van der Waals surface area contributed by atoms with Gasteiger partial charge in [-0.3, -0.25) is 0 Å². The Morgan fingerprint density at radius 3 is 2.24 bits per heavy atom. The lowest BCUT2D eigenvalue weighted by atomic mass is 9.97. The van der Waals surface area contributed by atoms with Gasteiger partial charge in [-0.1, -0.05) is 73.3 Å². The van der Waals surface area contributed by atoms with Crippen LogP contribution in [0.4, 0.5) is 0 Å². The number of hydrogen-bond donors (Lipinski definition) is 0. The zero-order valence-corrected chi connectivity index (χ0v) is 16.2. The second-order valence-corrected chi connectivity index (χ2v) is 6.44. The largest absolute Gasteiger partial charge is 0.460 e.